The van der Waals surface area contributed by atoms with Gasteiger partial charge in [0.15, 0.2) is 0 Å². The van der Waals surface area contributed by atoms with Gasteiger partial charge in [-0.1, -0.05) is 63.1 Å². The van der Waals surface area contributed by atoms with Crippen molar-refractivity contribution < 1.29 is 64.9 Å². The molecule has 7 rings (SSSR count). The number of benzene rings is 6. The molecule has 6 aromatic rings. The Bertz CT molecular complexity index is 3370. The summed E-state index contributed by atoms with van der Waals surface area (Å²) >= 11 is 0. The van der Waals surface area contributed by atoms with E-state index < -0.39 is 71.8 Å². The Kier molecular flexibility index (Phi) is 25.4. The van der Waals surface area contributed by atoms with E-state index in [1.807, 2.05) is 52.0 Å². The van der Waals surface area contributed by atoms with Crippen LogP contribution in [0, 0.1) is 42.5 Å². The number of halogens is 7. The number of hydrogen-bond acceptors (Lipinski definition) is 9. The number of rotatable bonds is 25. The summed E-state index contributed by atoms with van der Waals surface area (Å²) in [7, 11) is 1.62. The zero-order valence-electron chi connectivity index (χ0n) is 50.1. The molecule has 88 heavy (non-hydrogen) atoms. The van der Waals surface area contributed by atoms with E-state index in [2.05, 4.69) is 5.92 Å². The molecule has 5 atom stereocenters. The number of methoxy groups -OCH3 is 1. The molecule has 1 heterocycles. The van der Waals surface area contributed by atoms with Gasteiger partial charge in [-0.25, -0.2) is 17.6 Å². The van der Waals surface area contributed by atoms with Crippen molar-refractivity contribution in [2.45, 2.75) is 122 Å². The van der Waals surface area contributed by atoms with E-state index in [4.69, 9.17) is 22.6 Å². The Morgan fingerprint density at radius 2 is 1.09 bits per heavy atom. The number of amides is 4. The number of terminal acetylenes is 1. The van der Waals surface area contributed by atoms with Gasteiger partial charge in [-0.2, -0.15) is 13.2 Å². The Morgan fingerprint density at radius 1 is 0.636 bits per heavy atom. The van der Waals surface area contributed by atoms with E-state index in [1.54, 1.807) is 35.1 Å². The minimum atomic E-state index is -4.63. The van der Waals surface area contributed by atoms with Gasteiger partial charge in [0.1, 0.15) is 23.3 Å². The van der Waals surface area contributed by atoms with Gasteiger partial charge in [0.25, 0.3) is 23.6 Å². The lowest BCUT2D eigenvalue weighted by Gasteiger charge is -2.29. The van der Waals surface area contributed by atoms with Gasteiger partial charge < -0.3 is 46.0 Å². The summed E-state index contributed by atoms with van der Waals surface area (Å²) in [5.41, 5.74) is 16.0. The van der Waals surface area contributed by atoms with Crippen LogP contribution in [0.4, 0.5) is 30.7 Å². The van der Waals surface area contributed by atoms with E-state index in [-0.39, 0.29) is 84.1 Å². The number of alkyl halides is 3. The number of aliphatic hydroxyl groups is 2. The van der Waals surface area contributed by atoms with Crippen LogP contribution < -0.4 is 11.5 Å². The number of hydrogen-bond donors (Lipinski definition) is 4. The molecular weight excluding hydrogens is 1150 g/mol. The Hall–Kier alpha value is -7.93. The minimum absolute atomic E-state index is 0.0114. The van der Waals surface area contributed by atoms with E-state index >= 15 is 0 Å². The number of aryl methyl sites for hydroxylation is 2. The van der Waals surface area contributed by atoms with Gasteiger partial charge in [-0.05, 0) is 158 Å². The smallest absolute Gasteiger partial charge is 0.390 e. The van der Waals surface area contributed by atoms with Crippen LogP contribution in [0.5, 0.6) is 0 Å². The molecule has 4 amide bonds. The van der Waals surface area contributed by atoms with Crippen LogP contribution in [0.25, 0.3) is 0 Å². The monoisotopic (exact) mass is 1220 g/mol. The third-order valence-electron chi connectivity index (χ3n) is 15.0. The molecule has 0 bridgehead atoms. The second-order valence-corrected chi connectivity index (χ2v) is 22.2. The van der Waals surface area contributed by atoms with Crippen LogP contribution in [0.3, 0.4) is 0 Å². The second-order valence-electron chi connectivity index (χ2n) is 22.2. The molecule has 0 aliphatic carbocycles. The number of nitrogens with zero attached hydrogens (tertiary/aromatic N) is 4. The lowest BCUT2D eigenvalue weighted by atomic mass is 10.00. The number of nitrogens with two attached hydrogens (primary N) is 2. The predicted octanol–water partition coefficient (Wildman–Crippen LogP) is 10.5. The van der Waals surface area contributed by atoms with Gasteiger partial charge in [-0.15, -0.1) is 6.42 Å². The number of likely N-dealkylation sites (tertiary alicyclic amines) is 1. The zero-order chi connectivity index (χ0) is 64.4. The van der Waals surface area contributed by atoms with Crippen LogP contribution in [0.2, 0.25) is 0 Å². The minimum Gasteiger partial charge on any atom is -0.390 e. The maximum Gasteiger partial charge on any atom is 0.416 e. The summed E-state index contributed by atoms with van der Waals surface area (Å²) in [5.74, 6) is -2.25. The molecule has 1 aliphatic heterocycles. The summed E-state index contributed by atoms with van der Waals surface area (Å²) in [4.78, 5) is 61.0. The number of ether oxygens (including phenoxy) is 1. The molecule has 1 saturated heterocycles. The lowest BCUT2D eigenvalue weighted by molar-refractivity contribution is -0.137. The second kappa shape index (κ2) is 32.3. The molecule has 20 heteroatoms. The molecule has 6 aromatic carbocycles. The molecule has 13 nitrogen and oxygen atoms in total. The molecule has 0 unspecified atom stereocenters. The number of carbonyl (C=O) groups excluding carboxylic acids is 4. The highest BCUT2D eigenvalue weighted by atomic mass is 19.4. The molecule has 1 aliphatic rings. The number of aliphatic hydroxyl groups excluding tert-OH is 2. The molecule has 0 aromatic heterocycles. The first-order valence-corrected chi connectivity index (χ1v) is 29.3. The highest BCUT2D eigenvalue weighted by Crippen LogP contribution is 2.31. The molecule has 0 saturated carbocycles. The van der Waals surface area contributed by atoms with E-state index in [9.17, 15) is 60.1 Å². The van der Waals surface area contributed by atoms with Crippen LogP contribution in [-0.2, 0) is 43.3 Å². The predicted molar refractivity (Wildman–Crippen MR) is 323 cm³/mol. The summed E-state index contributed by atoms with van der Waals surface area (Å²) in [6.07, 6.45) is 2.22. The first kappa shape index (κ1) is 69.2. The van der Waals surface area contributed by atoms with Crippen molar-refractivity contribution in [3.05, 3.63) is 211 Å². The molecule has 6 N–H and O–H groups in total. The van der Waals surface area contributed by atoms with Crippen LogP contribution in [0.1, 0.15) is 132 Å². The van der Waals surface area contributed by atoms with Crippen LogP contribution in [0.15, 0.2) is 121 Å². The van der Waals surface area contributed by atoms with Crippen LogP contribution >= 0.6 is 0 Å². The fraction of sp³-hybridized carbons (Fsp3) is 0.382. The SMILES string of the molecule is C#Cc1cc(C(=O)N(CCC)CCC)cc(C(=O)N(Cc2cccc(C(F)(F)F)c2)C[C@@H](O)[C@@H](N)Cc2cc(F)cc(F)c2)c1.CCc1cccc(CN(C[C@@H](O)[C@@H](N)Cc2cc(F)cc(F)c2)C(=O)c2cc(C)cc(C(=O)N3CCC[C@@H]3COC)c2)c1. The topological polar surface area (TPSA) is 183 Å². The highest BCUT2D eigenvalue weighted by molar-refractivity contribution is 6.01. The summed E-state index contributed by atoms with van der Waals surface area (Å²) < 4.78 is 101. The quantitative estimate of drug-likeness (QED) is 0.0320. The first-order chi connectivity index (χ1) is 41.8. The third kappa shape index (κ3) is 19.8. The molecule has 0 radical (unpaired) electrons. The van der Waals surface area contributed by atoms with Gasteiger partial charge >= 0.3 is 6.18 Å². The van der Waals surface area contributed by atoms with Gasteiger partial charge in [-0.3, -0.25) is 19.2 Å². The van der Waals surface area contributed by atoms with Crippen molar-refractivity contribution in [1.29, 1.82) is 0 Å². The van der Waals surface area contributed by atoms with E-state index in [0.29, 0.717) is 61.8 Å². The number of carbonyl (C=O) groups is 4. The maximum atomic E-state index is 14.1. The Balaban J connectivity index is 0.000000281. The van der Waals surface area contributed by atoms with Crippen molar-refractivity contribution >= 4 is 23.6 Å². The van der Waals surface area contributed by atoms with Crippen LogP contribution in [-0.4, -0.2) is 130 Å². The standard InChI is InChI=1S/C34H36F5N3O3.C34H41F2N3O4/c1-4-10-41(11-5-2)32(44)25-12-22(6-3)13-26(18-25)33(45)42(20-23-8-7-9-27(14-23)34(37,38)39)21-31(43)30(40)17-24-15-28(35)19-29(36)16-24;1-4-23-7-5-8-24(13-23)19-38(20-32(40)31(37)16-25-14-28(35)18-29(36)15-25)33(41)26-11-22(2)12-27(17-26)34(42)39-10-6-9-30(39)21-43-3/h3,7-9,12-16,18-19,30-31,43H,4-5,10-11,17,20-21,40H2,1-2H3;5,7-8,11-15,17-18,30-32,40H,4,6,9-10,16,19-21,37H2,1-3H3/t30-,31+;30-,31+,32-/m01/s1. The highest BCUT2D eigenvalue weighted by Gasteiger charge is 2.33. The van der Waals surface area contributed by atoms with Crippen molar-refractivity contribution in [2.75, 3.05) is 46.4 Å². The Labute approximate surface area is 510 Å². The van der Waals surface area contributed by atoms with Crippen molar-refractivity contribution in [3.63, 3.8) is 0 Å². The molecular formula is C68H77F7N6O7. The molecule has 0 spiro atoms. The summed E-state index contributed by atoms with van der Waals surface area (Å²) in [5, 5.41) is 22.1. The van der Waals surface area contributed by atoms with Gasteiger partial charge in [0.05, 0.1) is 30.4 Å². The van der Waals surface area contributed by atoms with Gasteiger partial charge in [0.2, 0.25) is 0 Å². The Morgan fingerprint density at radius 3 is 1.57 bits per heavy atom. The van der Waals surface area contributed by atoms with E-state index in [1.165, 1.54) is 47.4 Å². The normalized spacial score (nSPS) is 14.4. The third-order valence-corrected chi connectivity index (χ3v) is 15.0. The largest absolute Gasteiger partial charge is 0.416 e. The van der Waals surface area contributed by atoms with Crippen molar-refractivity contribution in [3.8, 4) is 12.3 Å². The summed E-state index contributed by atoms with van der Waals surface area (Å²) in [6, 6.07) is 25.5. The van der Waals surface area contributed by atoms with Gasteiger partial charge in [0, 0.05) is 105 Å². The fourth-order valence-corrected chi connectivity index (χ4v) is 10.7. The van der Waals surface area contributed by atoms with Crippen molar-refractivity contribution in [1.82, 2.24) is 19.6 Å². The first-order valence-electron chi connectivity index (χ1n) is 29.3. The lowest BCUT2D eigenvalue weighted by Crippen LogP contribution is -2.46. The van der Waals surface area contributed by atoms with E-state index in [0.717, 1.165) is 71.2 Å². The molecule has 1 fully saturated rings. The summed E-state index contributed by atoms with van der Waals surface area (Å²) in [6.45, 7) is 9.05. The zero-order valence-corrected chi connectivity index (χ0v) is 50.1. The van der Waals surface area contributed by atoms with Crippen molar-refractivity contribution in [2.24, 2.45) is 11.5 Å². The maximum absolute atomic E-state index is 14.1. The average Bonchev–Trinajstić information content (AvgIpc) is 2.98. The average molecular weight is 1220 g/mol. The fourth-order valence-electron chi connectivity index (χ4n) is 10.7. The molecule has 470 valence electrons.